The Morgan fingerprint density at radius 2 is 1.96 bits per heavy atom. The standard InChI is InChI=1S/C16H23N3O3S/c1-3-22-16(21)19-8-6-18(7-9-19)15(20)12-4-5-13-14(10-12)23-11(2)17-13/h12H,3-10H2,1-2H3. The summed E-state index contributed by atoms with van der Waals surface area (Å²) in [5.41, 5.74) is 1.18. The van der Waals surface area contributed by atoms with Crippen LogP contribution in [0.5, 0.6) is 0 Å². The molecule has 1 fully saturated rings. The van der Waals surface area contributed by atoms with E-state index in [1.807, 2.05) is 11.8 Å². The summed E-state index contributed by atoms with van der Waals surface area (Å²) >= 11 is 1.72. The Balaban J connectivity index is 1.55. The summed E-state index contributed by atoms with van der Waals surface area (Å²) in [6.07, 6.45) is 2.33. The number of ether oxygens (including phenoxy) is 1. The molecule has 0 N–H and O–H groups in total. The highest BCUT2D eigenvalue weighted by Gasteiger charge is 2.32. The molecule has 1 saturated heterocycles. The number of thiazole rings is 1. The van der Waals surface area contributed by atoms with Crippen LogP contribution in [-0.2, 0) is 22.4 Å². The molecular formula is C16H23N3O3S. The van der Waals surface area contributed by atoms with Gasteiger partial charge in [-0.3, -0.25) is 4.79 Å². The Hall–Kier alpha value is -1.63. The number of carbonyl (C=O) groups excluding carboxylic acids is 2. The van der Waals surface area contributed by atoms with E-state index in [0.29, 0.717) is 32.8 Å². The van der Waals surface area contributed by atoms with Gasteiger partial charge in [0.05, 0.1) is 17.3 Å². The second kappa shape index (κ2) is 6.86. The number of hydrogen-bond donors (Lipinski definition) is 0. The van der Waals surface area contributed by atoms with E-state index in [4.69, 9.17) is 4.74 Å². The second-order valence-corrected chi connectivity index (χ2v) is 7.34. The number of rotatable bonds is 2. The van der Waals surface area contributed by atoms with Crippen molar-refractivity contribution >= 4 is 23.3 Å². The smallest absolute Gasteiger partial charge is 0.409 e. The van der Waals surface area contributed by atoms with E-state index in [-0.39, 0.29) is 17.9 Å². The topological polar surface area (TPSA) is 62.7 Å². The largest absolute Gasteiger partial charge is 0.450 e. The fourth-order valence-electron chi connectivity index (χ4n) is 3.30. The van der Waals surface area contributed by atoms with Crippen molar-refractivity contribution < 1.29 is 14.3 Å². The maximum absolute atomic E-state index is 12.7. The van der Waals surface area contributed by atoms with Crippen LogP contribution >= 0.6 is 11.3 Å². The number of carbonyl (C=O) groups is 2. The molecule has 2 heterocycles. The number of aromatic nitrogens is 1. The van der Waals surface area contributed by atoms with Gasteiger partial charge in [-0.15, -0.1) is 11.3 Å². The van der Waals surface area contributed by atoms with Crippen molar-refractivity contribution in [3.05, 3.63) is 15.6 Å². The molecule has 1 aliphatic carbocycles. The number of amides is 2. The van der Waals surface area contributed by atoms with Gasteiger partial charge in [0.25, 0.3) is 0 Å². The molecule has 6 nitrogen and oxygen atoms in total. The molecular weight excluding hydrogens is 314 g/mol. The van der Waals surface area contributed by atoms with Gasteiger partial charge in [-0.25, -0.2) is 9.78 Å². The van der Waals surface area contributed by atoms with Crippen molar-refractivity contribution in [3.63, 3.8) is 0 Å². The monoisotopic (exact) mass is 337 g/mol. The Bertz CT molecular complexity index is 593. The van der Waals surface area contributed by atoms with Crippen molar-refractivity contribution in [3.8, 4) is 0 Å². The SMILES string of the molecule is CCOC(=O)N1CCN(C(=O)C2CCc3nc(C)sc3C2)CC1. The number of fused-ring (bicyclic) bond motifs is 1. The molecule has 2 amide bonds. The Morgan fingerprint density at radius 3 is 2.65 bits per heavy atom. The van der Waals surface area contributed by atoms with Crippen molar-refractivity contribution in [2.75, 3.05) is 32.8 Å². The van der Waals surface area contributed by atoms with Gasteiger partial charge in [0, 0.05) is 37.0 Å². The maximum atomic E-state index is 12.7. The highest BCUT2D eigenvalue weighted by molar-refractivity contribution is 7.11. The lowest BCUT2D eigenvalue weighted by molar-refractivity contribution is -0.137. The van der Waals surface area contributed by atoms with Crippen LogP contribution in [0.25, 0.3) is 0 Å². The fourth-order valence-corrected chi connectivity index (χ4v) is 4.36. The summed E-state index contributed by atoms with van der Waals surface area (Å²) in [5, 5.41) is 1.09. The summed E-state index contributed by atoms with van der Waals surface area (Å²) in [5.74, 6) is 0.293. The van der Waals surface area contributed by atoms with Gasteiger partial charge in [-0.2, -0.15) is 0 Å². The molecule has 0 spiro atoms. The van der Waals surface area contributed by atoms with Crippen LogP contribution in [0.2, 0.25) is 0 Å². The first kappa shape index (κ1) is 16.2. The number of nitrogens with zero attached hydrogens (tertiary/aromatic N) is 3. The zero-order valence-electron chi connectivity index (χ0n) is 13.7. The Labute approximate surface area is 140 Å². The third-order valence-electron chi connectivity index (χ3n) is 4.51. The average Bonchev–Trinajstić information content (AvgIpc) is 2.93. The molecule has 1 aliphatic heterocycles. The predicted molar refractivity (Wildman–Crippen MR) is 87.5 cm³/mol. The second-order valence-electron chi connectivity index (χ2n) is 6.05. The van der Waals surface area contributed by atoms with E-state index in [1.165, 1.54) is 10.6 Å². The summed E-state index contributed by atoms with van der Waals surface area (Å²) in [6, 6.07) is 0. The van der Waals surface area contributed by atoms with E-state index >= 15 is 0 Å². The van der Waals surface area contributed by atoms with Crippen molar-refractivity contribution in [2.45, 2.75) is 33.1 Å². The van der Waals surface area contributed by atoms with Crippen molar-refractivity contribution in [2.24, 2.45) is 5.92 Å². The van der Waals surface area contributed by atoms with Gasteiger partial charge in [-0.1, -0.05) is 0 Å². The van der Waals surface area contributed by atoms with Crippen LogP contribution in [-0.4, -0.2) is 59.6 Å². The molecule has 1 aromatic heterocycles. The number of hydrogen-bond acceptors (Lipinski definition) is 5. The zero-order valence-corrected chi connectivity index (χ0v) is 14.5. The number of aryl methyl sites for hydroxylation is 2. The minimum atomic E-state index is -0.276. The summed E-state index contributed by atoms with van der Waals surface area (Å²) in [4.78, 5) is 33.9. The van der Waals surface area contributed by atoms with Gasteiger partial charge in [0.1, 0.15) is 0 Å². The molecule has 0 radical (unpaired) electrons. The minimum Gasteiger partial charge on any atom is -0.450 e. The Kier molecular flexibility index (Phi) is 4.84. The molecule has 0 aromatic carbocycles. The predicted octanol–water partition coefficient (Wildman–Crippen LogP) is 1.86. The van der Waals surface area contributed by atoms with E-state index in [1.54, 1.807) is 23.2 Å². The molecule has 3 rings (SSSR count). The van der Waals surface area contributed by atoms with Crippen LogP contribution in [0.15, 0.2) is 0 Å². The van der Waals surface area contributed by atoms with E-state index in [0.717, 1.165) is 24.3 Å². The van der Waals surface area contributed by atoms with Gasteiger partial charge in [0.15, 0.2) is 0 Å². The van der Waals surface area contributed by atoms with Crippen LogP contribution in [0.3, 0.4) is 0 Å². The fraction of sp³-hybridized carbons (Fsp3) is 0.688. The third-order valence-corrected chi connectivity index (χ3v) is 5.55. The van der Waals surface area contributed by atoms with E-state index in [9.17, 15) is 9.59 Å². The highest BCUT2D eigenvalue weighted by atomic mass is 32.1. The first-order chi connectivity index (χ1) is 11.1. The van der Waals surface area contributed by atoms with Crippen molar-refractivity contribution in [1.82, 2.24) is 14.8 Å². The normalized spacial score (nSPS) is 21.0. The molecule has 0 saturated carbocycles. The van der Waals surface area contributed by atoms with Crippen molar-refractivity contribution in [1.29, 1.82) is 0 Å². The first-order valence-electron chi connectivity index (χ1n) is 8.24. The zero-order chi connectivity index (χ0) is 16.4. The lowest BCUT2D eigenvalue weighted by atomic mass is 9.90. The van der Waals surface area contributed by atoms with Gasteiger partial charge in [-0.05, 0) is 33.1 Å². The summed E-state index contributed by atoms with van der Waals surface area (Å²) in [6.45, 7) is 6.52. The summed E-state index contributed by atoms with van der Waals surface area (Å²) < 4.78 is 5.01. The third kappa shape index (κ3) is 3.49. The van der Waals surface area contributed by atoms with Gasteiger partial charge in [0.2, 0.25) is 5.91 Å². The molecule has 126 valence electrons. The van der Waals surface area contributed by atoms with E-state index in [2.05, 4.69) is 4.98 Å². The van der Waals surface area contributed by atoms with Crippen LogP contribution in [0.1, 0.15) is 28.9 Å². The Morgan fingerprint density at radius 1 is 1.26 bits per heavy atom. The number of piperazine rings is 1. The first-order valence-corrected chi connectivity index (χ1v) is 9.05. The minimum absolute atomic E-state index is 0.0662. The van der Waals surface area contributed by atoms with Gasteiger partial charge >= 0.3 is 6.09 Å². The molecule has 1 unspecified atom stereocenters. The molecule has 1 aromatic rings. The molecule has 2 aliphatic rings. The summed E-state index contributed by atoms with van der Waals surface area (Å²) in [7, 11) is 0. The van der Waals surface area contributed by atoms with Crippen LogP contribution in [0, 0.1) is 12.8 Å². The lowest BCUT2D eigenvalue weighted by Gasteiger charge is -2.36. The molecule has 0 bridgehead atoms. The maximum Gasteiger partial charge on any atom is 0.409 e. The molecule has 1 atom stereocenters. The van der Waals surface area contributed by atoms with Gasteiger partial charge < -0.3 is 14.5 Å². The molecule has 7 heteroatoms. The molecule has 23 heavy (non-hydrogen) atoms. The van der Waals surface area contributed by atoms with E-state index < -0.39 is 0 Å². The van der Waals surface area contributed by atoms with Crippen LogP contribution < -0.4 is 0 Å². The average molecular weight is 337 g/mol. The highest BCUT2D eigenvalue weighted by Crippen LogP contribution is 2.30. The quantitative estimate of drug-likeness (QED) is 0.826. The van der Waals surface area contributed by atoms with Crippen LogP contribution in [0.4, 0.5) is 4.79 Å². The lowest BCUT2D eigenvalue weighted by Crippen LogP contribution is -2.52.